The molecule has 70 valence electrons. The molecule has 0 aliphatic heterocycles. The van der Waals surface area contributed by atoms with Crippen LogP contribution in [0.15, 0.2) is 0 Å². The summed E-state index contributed by atoms with van der Waals surface area (Å²) in [6.45, 7) is 3.67. The second-order valence-corrected chi connectivity index (χ2v) is 4.19. The minimum Gasteiger partial charge on any atom is -0.481 e. The molecule has 0 atom stereocenters. The lowest BCUT2D eigenvalue weighted by Crippen LogP contribution is -2.54. The molecule has 2 N–H and O–H groups in total. The monoisotopic (exact) mass is 172 g/mol. The molecular formula is C9H16O3. The van der Waals surface area contributed by atoms with Crippen LogP contribution in [0.3, 0.4) is 0 Å². The zero-order chi connectivity index (χ0) is 9.41. The van der Waals surface area contributed by atoms with E-state index in [-0.39, 0.29) is 0 Å². The van der Waals surface area contributed by atoms with Crippen LogP contribution in [-0.4, -0.2) is 21.8 Å². The molecule has 0 heterocycles. The number of carbonyl (C=O) groups is 1. The van der Waals surface area contributed by atoms with Crippen LogP contribution in [0, 0.1) is 5.41 Å². The predicted octanol–water partition coefficient (Wildman–Crippen LogP) is 1.40. The zero-order valence-electron chi connectivity index (χ0n) is 7.63. The van der Waals surface area contributed by atoms with Crippen molar-refractivity contribution in [2.75, 3.05) is 0 Å². The Morgan fingerprint density at radius 2 is 2.00 bits per heavy atom. The first-order valence-electron chi connectivity index (χ1n) is 4.38. The van der Waals surface area contributed by atoms with Crippen molar-refractivity contribution >= 4 is 5.97 Å². The topological polar surface area (TPSA) is 57.5 Å². The maximum Gasteiger partial charge on any atom is 0.309 e. The minimum absolute atomic E-state index is 0.406. The molecule has 1 aliphatic carbocycles. The first-order valence-corrected chi connectivity index (χ1v) is 4.38. The zero-order valence-corrected chi connectivity index (χ0v) is 7.63. The lowest BCUT2D eigenvalue weighted by molar-refractivity contribution is -0.178. The van der Waals surface area contributed by atoms with Gasteiger partial charge in [-0.15, -0.1) is 0 Å². The van der Waals surface area contributed by atoms with Crippen molar-refractivity contribution in [3.05, 3.63) is 0 Å². The molecule has 12 heavy (non-hydrogen) atoms. The van der Waals surface area contributed by atoms with Gasteiger partial charge in [0.25, 0.3) is 0 Å². The molecule has 1 saturated carbocycles. The van der Waals surface area contributed by atoms with E-state index in [4.69, 9.17) is 5.11 Å². The van der Waals surface area contributed by atoms with E-state index in [1.165, 1.54) is 0 Å². The first kappa shape index (κ1) is 9.52. The van der Waals surface area contributed by atoms with E-state index in [1.54, 1.807) is 6.92 Å². The summed E-state index contributed by atoms with van der Waals surface area (Å²) < 4.78 is 0. The summed E-state index contributed by atoms with van der Waals surface area (Å²) in [4.78, 5) is 10.9. The van der Waals surface area contributed by atoms with Gasteiger partial charge in [-0.05, 0) is 26.2 Å². The summed E-state index contributed by atoms with van der Waals surface area (Å²) in [6.07, 6.45) is 2.35. The number of hydrogen-bond donors (Lipinski definition) is 2. The highest BCUT2D eigenvalue weighted by molar-refractivity contribution is 5.76. The van der Waals surface area contributed by atoms with Crippen LogP contribution in [-0.2, 0) is 4.79 Å². The van der Waals surface area contributed by atoms with Gasteiger partial charge in [-0.2, -0.15) is 0 Å². The average molecular weight is 172 g/mol. The van der Waals surface area contributed by atoms with Gasteiger partial charge in [0.05, 0.1) is 11.0 Å². The molecule has 1 rings (SSSR count). The van der Waals surface area contributed by atoms with Gasteiger partial charge in [0.1, 0.15) is 0 Å². The van der Waals surface area contributed by atoms with Crippen LogP contribution < -0.4 is 0 Å². The molecule has 0 aromatic carbocycles. The SMILES string of the molecule is CCCC1(C(=O)O)CC(C)(O)C1. The molecule has 0 unspecified atom stereocenters. The van der Waals surface area contributed by atoms with Crippen molar-refractivity contribution in [1.82, 2.24) is 0 Å². The lowest BCUT2D eigenvalue weighted by atomic mass is 9.58. The summed E-state index contributed by atoms with van der Waals surface area (Å²) in [5, 5.41) is 18.4. The number of aliphatic carboxylic acids is 1. The lowest BCUT2D eigenvalue weighted by Gasteiger charge is -2.48. The van der Waals surface area contributed by atoms with E-state index >= 15 is 0 Å². The van der Waals surface area contributed by atoms with Crippen LogP contribution in [0.4, 0.5) is 0 Å². The maximum atomic E-state index is 10.9. The third-order valence-corrected chi connectivity index (χ3v) is 2.62. The van der Waals surface area contributed by atoms with E-state index in [2.05, 4.69) is 0 Å². The van der Waals surface area contributed by atoms with Gasteiger partial charge in [-0.25, -0.2) is 0 Å². The minimum atomic E-state index is -0.754. The molecule has 0 amide bonds. The fraction of sp³-hybridized carbons (Fsp3) is 0.889. The van der Waals surface area contributed by atoms with Gasteiger partial charge < -0.3 is 10.2 Å². The Morgan fingerprint density at radius 3 is 2.25 bits per heavy atom. The number of hydrogen-bond acceptors (Lipinski definition) is 2. The molecule has 0 radical (unpaired) electrons. The summed E-state index contributed by atoms with van der Waals surface area (Å²) in [7, 11) is 0. The van der Waals surface area contributed by atoms with Gasteiger partial charge in [0.15, 0.2) is 0 Å². The van der Waals surface area contributed by atoms with Gasteiger partial charge in [-0.3, -0.25) is 4.79 Å². The normalized spacial score (nSPS) is 40.6. The third kappa shape index (κ3) is 1.46. The van der Waals surface area contributed by atoms with Gasteiger partial charge in [-0.1, -0.05) is 13.3 Å². The summed E-state index contributed by atoms with van der Waals surface area (Å²) >= 11 is 0. The Labute approximate surface area is 72.4 Å². The molecule has 3 nitrogen and oxygen atoms in total. The number of carboxylic acid groups (broad SMARTS) is 1. The molecule has 3 heteroatoms. The standard InChI is InChI=1S/C9H16O3/c1-3-4-9(7(10)11)5-8(2,12)6-9/h12H,3-6H2,1-2H3,(H,10,11). The Bertz CT molecular complexity index is 188. The van der Waals surface area contributed by atoms with Gasteiger partial charge in [0, 0.05) is 0 Å². The molecule has 0 bridgehead atoms. The van der Waals surface area contributed by atoms with Crippen LogP contribution in [0.25, 0.3) is 0 Å². The Balaban J connectivity index is 2.62. The second-order valence-electron chi connectivity index (χ2n) is 4.19. The van der Waals surface area contributed by atoms with Gasteiger partial charge >= 0.3 is 5.97 Å². The van der Waals surface area contributed by atoms with Crippen molar-refractivity contribution < 1.29 is 15.0 Å². The molecule has 0 saturated heterocycles. The maximum absolute atomic E-state index is 10.9. The highest BCUT2D eigenvalue weighted by Crippen LogP contribution is 2.51. The molecule has 1 fully saturated rings. The number of carboxylic acids is 1. The highest BCUT2D eigenvalue weighted by atomic mass is 16.4. The van der Waals surface area contributed by atoms with E-state index < -0.39 is 17.0 Å². The summed E-state index contributed by atoms with van der Waals surface area (Å²) in [5.74, 6) is -0.754. The van der Waals surface area contributed by atoms with E-state index in [0.717, 1.165) is 6.42 Å². The van der Waals surface area contributed by atoms with E-state index in [9.17, 15) is 9.90 Å². The van der Waals surface area contributed by atoms with Crippen LogP contribution in [0.5, 0.6) is 0 Å². The van der Waals surface area contributed by atoms with Crippen molar-refractivity contribution in [1.29, 1.82) is 0 Å². The fourth-order valence-electron chi connectivity index (χ4n) is 2.32. The van der Waals surface area contributed by atoms with E-state index in [1.807, 2.05) is 6.92 Å². The predicted molar refractivity (Wildman–Crippen MR) is 44.8 cm³/mol. The van der Waals surface area contributed by atoms with E-state index in [0.29, 0.717) is 19.3 Å². The second kappa shape index (κ2) is 2.73. The molecule has 0 aromatic rings. The Morgan fingerprint density at radius 1 is 1.50 bits per heavy atom. The van der Waals surface area contributed by atoms with Crippen LogP contribution >= 0.6 is 0 Å². The van der Waals surface area contributed by atoms with Crippen molar-refractivity contribution in [3.63, 3.8) is 0 Å². The van der Waals surface area contributed by atoms with Crippen molar-refractivity contribution in [2.45, 2.75) is 45.1 Å². The summed E-state index contributed by atoms with van der Waals surface area (Å²) in [5.41, 5.74) is -1.37. The molecule has 1 aliphatic rings. The smallest absolute Gasteiger partial charge is 0.309 e. The van der Waals surface area contributed by atoms with Crippen molar-refractivity contribution in [3.8, 4) is 0 Å². The Kier molecular flexibility index (Phi) is 2.17. The van der Waals surface area contributed by atoms with Crippen LogP contribution in [0.2, 0.25) is 0 Å². The van der Waals surface area contributed by atoms with Gasteiger partial charge in [0.2, 0.25) is 0 Å². The number of aliphatic hydroxyl groups is 1. The highest BCUT2D eigenvalue weighted by Gasteiger charge is 2.55. The molecular weight excluding hydrogens is 156 g/mol. The first-order chi connectivity index (χ1) is 5.42. The number of rotatable bonds is 3. The third-order valence-electron chi connectivity index (χ3n) is 2.62. The van der Waals surface area contributed by atoms with Crippen molar-refractivity contribution in [2.24, 2.45) is 5.41 Å². The fourth-order valence-corrected chi connectivity index (χ4v) is 2.32. The Hall–Kier alpha value is -0.570. The summed E-state index contributed by atoms with van der Waals surface area (Å²) in [6, 6.07) is 0. The average Bonchev–Trinajstić information content (AvgIpc) is 1.83. The quantitative estimate of drug-likeness (QED) is 0.676. The largest absolute Gasteiger partial charge is 0.481 e. The van der Waals surface area contributed by atoms with Crippen LogP contribution in [0.1, 0.15) is 39.5 Å². The molecule has 0 aromatic heterocycles. The molecule has 0 spiro atoms.